The summed E-state index contributed by atoms with van der Waals surface area (Å²) in [5, 5.41) is 0. The number of hydrogen-bond donors (Lipinski definition) is 0. The second kappa shape index (κ2) is 24.3. The lowest BCUT2D eigenvalue weighted by Gasteiger charge is -2.13. The van der Waals surface area contributed by atoms with E-state index in [2.05, 4.69) is 6.58 Å². The van der Waals surface area contributed by atoms with Gasteiger partial charge in [0.1, 0.15) is 0 Å². The molecule has 0 fully saturated rings. The Labute approximate surface area is 242 Å². The number of carbonyl (C=O) groups excluding carboxylic acids is 2. The van der Waals surface area contributed by atoms with Crippen LogP contribution in [0.25, 0.3) is 0 Å². The molecule has 0 atom stereocenters. The molecule has 41 heavy (non-hydrogen) atoms. The van der Waals surface area contributed by atoms with Crippen LogP contribution in [-0.2, 0) is 42.6 Å². The first-order valence-corrected chi connectivity index (χ1v) is 14.0. The largest absolute Gasteiger partial charge is 0.377 e. The smallest absolute Gasteiger partial charge is 0.261 e. The fourth-order valence-corrected chi connectivity index (χ4v) is 3.52. The van der Waals surface area contributed by atoms with E-state index in [9.17, 15) is 9.59 Å². The van der Waals surface area contributed by atoms with Gasteiger partial charge in [0.25, 0.3) is 11.8 Å². The number of fused-ring (bicyclic) bond motifs is 1. The highest BCUT2D eigenvalue weighted by Gasteiger charge is 2.34. The summed E-state index contributed by atoms with van der Waals surface area (Å²) < 4.78 is 48.7. The average Bonchev–Trinajstić information content (AvgIpc) is 3.23. The third-order valence-electron chi connectivity index (χ3n) is 5.55. The quantitative estimate of drug-likeness (QED) is 0.0777. The third kappa shape index (κ3) is 16.1. The van der Waals surface area contributed by atoms with E-state index in [-0.39, 0.29) is 25.0 Å². The van der Waals surface area contributed by atoms with E-state index in [1.54, 1.807) is 30.3 Å². The maximum absolute atomic E-state index is 12.3. The predicted octanol–water partition coefficient (Wildman–Crippen LogP) is 1.62. The summed E-state index contributed by atoms with van der Waals surface area (Å²) >= 11 is 0. The molecule has 0 N–H and O–H groups in total. The standard InChI is InChI=1S/C29H45NO11/c1-2-8-33-10-12-35-14-16-37-18-20-39-22-24-41-25-23-40-21-19-38-17-15-36-13-11-34-9-7-30-28(31)26-5-3-4-6-27(26)29(30)32/h2-6H,1,7-25H2. The van der Waals surface area contributed by atoms with Gasteiger partial charge in [-0.15, -0.1) is 6.58 Å². The van der Waals surface area contributed by atoms with Gasteiger partial charge in [-0.25, -0.2) is 0 Å². The van der Waals surface area contributed by atoms with E-state index < -0.39 is 0 Å². The van der Waals surface area contributed by atoms with Crippen molar-refractivity contribution in [2.75, 3.05) is 125 Å². The van der Waals surface area contributed by atoms with Crippen LogP contribution in [0.15, 0.2) is 36.9 Å². The molecule has 1 aliphatic rings. The molecule has 1 aromatic carbocycles. The summed E-state index contributed by atoms with van der Waals surface area (Å²) in [6.07, 6.45) is 1.70. The van der Waals surface area contributed by atoms with Crippen molar-refractivity contribution in [1.29, 1.82) is 0 Å². The normalized spacial score (nSPS) is 12.8. The van der Waals surface area contributed by atoms with Crippen molar-refractivity contribution in [3.63, 3.8) is 0 Å². The van der Waals surface area contributed by atoms with Crippen molar-refractivity contribution in [2.45, 2.75) is 0 Å². The van der Waals surface area contributed by atoms with Gasteiger partial charge in [0, 0.05) is 0 Å². The van der Waals surface area contributed by atoms with Crippen LogP contribution in [0.2, 0.25) is 0 Å². The minimum atomic E-state index is -0.276. The van der Waals surface area contributed by atoms with Crippen LogP contribution in [0.1, 0.15) is 20.7 Å². The predicted molar refractivity (Wildman–Crippen MR) is 149 cm³/mol. The average molecular weight is 584 g/mol. The van der Waals surface area contributed by atoms with Crippen LogP contribution >= 0.6 is 0 Å². The van der Waals surface area contributed by atoms with E-state index in [4.69, 9.17) is 42.6 Å². The minimum Gasteiger partial charge on any atom is -0.377 e. The Morgan fingerprint density at radius 2 is 0.780 bits per heavy atom. The molecule has 0 saturated heterocycles. The Balaban J connectivity index is 1.22. The SMILES string of the molecule is C=CCOCCOCCOCCOCCOCCOCCOCCOCCOCCN1C(=O)c2ccccc2C1=O. The number of benzene rings is 1. The van der Waals surface area contributed by atoms with Crippen molar-refractivity contribution in [3.8, 4) is 0 Å². The number of imide groups is 1. The molecule has 2 rings (SSSR count). The Kier molecular flexibility index (Phi) is 20.7. The third-order valence-corrected chi connectivity index (χ3v) is 5.55. The topological polar surface area (TPSA) is 120 Å². The van der Waals surface area contributed by atoms with Crippen molar-refractivity contribution < 1.29 is 52.2 Å². The monoisotopic (exact) mass is 583 g/mol. The molecule has 12 nitrogen and oxygen atoms in total. The number of rotatable bonds is 29. The van der Waals surface area contributed by atoms with E-state index in [0.717, 1.165) is 0 Å². The molecule has 0 aromatic heterocycles. The summed E-state index contributed by atoms with van der Waals surface area (Å²) in [5.41, 5.74) is 0.888. The first-order valence-electron chi connectivity index (χ1n) is 14.0. The van der Waals surface area contributed by atoms with Gasteiger partial charge in [-0.05, 0) is 12.1 Å². The van der Waals surface area contributed by atoms with Gasteiger partial charge in [0.2, 0.25) is 0 Å². The summed E-state index contributed by atoms with van der Waals surface area (Å²) in [7, 11) is 0. The van der Waals surface area contributed by atoms with Crippen LogP contribution in [0, 0.1) is 0 Å². The van der Waals surface area contributed by atoms with Gasteiger partial charge in [-0.3, -0.25) is 14.5 Å². The van der Waals surface area contributed by atoms with E-state index in [1.165, 1.54) is 4.90 Å². The Morgan fingerprint density at radius 3 is 1.10 bits per heavy atom. The number of nitrogens with zero attached hydrogens (tertiary/aromatic N) is 1. The summed E-state index contributed by atoms with van der Waals surface area (Å²) in [6, 6.07) is 6.82. The summed E-state index contributed by atoms with van der Waals surface area (Å²) in [5.74, 6) is -0.551. The highest BCUT2D eigenvalue weighted by Crippen LogP contribution is 2.21. The molecule has 0 aliphatic carbocycles. The zero-order valence-corrected chi connectivity index (χ0v) is 24.0. The number of carbonyl (C=O) groups is 2. The van der Waals surface area contributed by atoms with Gasteiger partial charge in [-0.1, -0.05) is 18.2 Å². The van der Waals surface area contributed by atoms with Crippen LogP contribution in [0.3, 0.4) is 0 Å². The molecule has 0 unspecified atom stereocenters. The Hall–Kier alpha value is -2.26. The van der Waals surface area contributed by atoms with Crippen LogP contribution in [0.4, 0.5) is 0 Å². The second-order valence-corrected chi connectivity index (χ2v) is 8.57. The highest BCUT2D eigenvalue weighted by molar-refractivity contribution is 6.21. The molecule has 1 heterocycles. The number of hydrogen-bond acceptors (Lipinski definition) is 11. The van der Waals surface area contributed by atoms with Crippen LogP contribution in [0.5, 0.6) is 0 Å². The number of ether oxygens (including phenoxy) is 9. The first-order chi connectivity index (χ1) is 20.3. The maximum Gasteiger partial charge on any atom is 0.261 e. The van der Waals surface area contributed by atoms with E-state index >= 15 is 0 Å². The van der Waals surface area contributed by atoms with Crippen molar-refractivity contribution in [3.05, 3.63) is 48.0 Å². The highest BCUT2D eigenvalue weighted by atomic mass is 16.6. The minimum absolute atomic E-state index is 0.217. The lowest BCUT2D eigenvalue weighted by Crippen LogP contribution is -2.33. The lowest BCUT2D eigenvalue weighted by molar-refractivity contribution is -0.0247. The summed E-state index contributed by atoms with van der Waals surface area (Å²) in [6.45, 7) is 12.3. The van der Waals surface area contributed by atoms with Gasteiger partial charge in [0.15, 0.2) is 0 Å². The zero-order chi connectivity index (χ0) is 29.2. The summed E-state index contributed by atoms with van der Waals surface area (Å²) in [4.78, 5) is 25.8. The van der Waals surface area contributed by atoms with Gasteiger partial charge >= 0.3 is 0 Å². The first kappa shape index (κ1) is 34.9. The molecule has 0 spiro atoms. The fourth-order valence-electron chi connectivity index (χ4n) is 3.52. The van der Waals surface area contributed by atoms with Crippen molar-refractivity contribution in [2.24, 2.45) is 0 Å². The molecule has 0 saturated carbocycles. The van der Waals surface area contributed by atoms with Gasteiger partial charge in [-0.2, -0.15) is 0 Å². The van der Waals surface area contributed by atoms with Crippen LogP contribution < -0.4 is 0 Å². The van der Waals surface area contributed by atoms with E-state index in [1.807, 2.05) is 0 Å². The molecular formula is C29H45NO11. The van der Waals surface area contributed by atoms with Crippen LogP contribution in [-0.4, -0.2) is 142 Å². The molecule has 0 radical (unpaired) electrons. The molecular weight excluding hydrogens is 538 g/mol. The fraction of sp³-hybridized carbons (Fsp3) is 0.655. The Morgan fingerprint density at radius 1 is 0.488 bits per heavy atom. The van der Waals surface area contributed by atoms with Gasteiger partial charge < -0.3 is 42.6 Å². The lowest BCUT2D eigenvalue weighted by atomic mass is 10.1. The van der Waals surface area contributed by atoms with Gasteiger partial charge in [0.05, 0.1) is 137 Å². The second-order valence-electron chi connectivity index (χ2n) is 8.57. The Bertz CT molecular complexity index is 804. The molecule has 1 aliphatic heterocycles. The van der Waals surface area contributed by atoms with Crippen molar-refractivity contribution >= 4 is 11.8 Å². The molecule has 2 amide bonds. The number of amides is 2. The van der Waals surface area contributed by atoms with Crippen molar-refractivity contribution in [1.82, 2.24) is 4.90 Å². The maximum atomic E-state index is 12.3. The molecule has 12 heteroatoms. The van der Waals surface area contributed by atoms with E-state index in [0.29, 0.717) is 123 Å². The molecule has 1 aromatic rings. The molecule has 232 valence electrons. The zero-order valence-electron chi connectivity index (χ0n) is 24.0. The molecule has 0 bridgehead atoms.